The Morgan fingerprint density at radius 3 is 2.79 bits per heavy atom. The normalized spacial score (nSPS) is 18.0. The SMILES string of the molecule is Cc1ccc2onc(CC(=O)N3CCC4(CC3)CC(=O)c3ccccc3O4)c2c1. The van der Waals surface area contributed by atoms with Crippen LogP contribution in [-0.4, -0.2) is 40.4 Å². The molecule has 1 saturated heterocycles. The second kappa shape index (κ2) is 6.72. The molecular formula is C23H22N2O4. The molecule has 6 heteroatoms. The van der Waals surface area contributed by atoms with E-state index in [2.05, 4.69) is 5.16 Å². The van der Waals surface area contributed by atoms with E-state index in [1.807, 2.05) is 54.3 Å². The number of ether oxygens (including phenoxy) is 1. The first kappa shape index (κ1) is 17.9. The highest BCUT2D eigenvalue weighted by Gasteiger charge is 2.43. The summed E-state index contributed by atoms with van der Waals surface area (Å²) in [5.74, 6) is 0.808. The Balaban J connectivity index is 1.28. The van der Waals surface area contributed by atoms with Gasteiger partial charge in [-0.25, -0.2) is 0 Å². The van der Waals surface area contributed by atoms with Crippen molar-refractivity contribution in [2.75, 3.05) is 13.1 Å². The van der Waals surface area contributed by atoms with Gasteiger partial charge >= 0.3 is 0 Å². The van der Waals surface area contributed by atoms with Crippen LogP contribution in [0.4, 0.5) is 0 Å². The van der Waals surface area contributed by atoms with E-state index in [-0.39, 0.29) is 18.1 Å². The van der Waals surface area contributed by atoms with Crippen molar-refractivity contribution in [2.45, 2.75) is 38.2 Å². The first-order valence-electron chi connectivity index (χ1n) is 9.97. The van der Waals surface area contributed by atoms with Gasteiger partial charge in [-0.15, -0.1) is 0 Å². The van der Waals surface area contributed by atoms with Crippen LogP contribution in [0.3, 0.4) is 0 Å². The van der Waals surface area contributed by atoms with Crippen LogP contribution in [0.2, 0.25) is 0 Å². The molecule has 1 aromatic heterocycles. The fourth-order valence-corrected chi connectivity index (χ4v) is 4.37. The second-order valence-corrected chi connectivity index (χ2v) is 8.07. The molecule has 2 aromatic carbocycles. The Labute approximate surface area is 168 Å². The number of rotatable bonds is 2. The van der Waals surface area contributed by atoms with Gasteiger partial charge in [-0.05, 0) is 31.2 Å². The quantitative estimate of drug-likeness (QED) is 0.667. The van der Waals surface area contributed by atoms with Crippen molar-refractivity contribution in [1.82, 2.24) is 10.1 Å². The van der Waals surface area contributed by atoms with Gasteiger partial charge in [0.1, 0.15) is 17.0 Å². The lowest BCUT2D eigenvalue weighted by Crippen LogP contribution is -2.52. The van der Waals surface area contributed by atoms with Crippen molar-refractivity contribution in [2.24, 2.45) is 0 Å². The van der Waals surface area contributed by atoms with E-state index in [9.17, 15) is 9.59 Å². The molecule has 0 saturated carbocycles. The molecule has 0 aliphatic carbocycles. The first-order valence-corrected chi connectivity index (χ1v) is 9.97. The van der Waals surface area contributed by atoms with E-state index in [4.69, 9.17) is 9.26 Å². The fourth-order valence-electron chi connectivity index (χ4n) is 4.37. The van der Waals surface area contributed by atoms with Crippen molar-refractivity contribution in [1.29, 1.82) is 0 Å². The van der Waals surface area contributed by atoms with Crippen LogP contribution in [0.5, 0.6) is 5.75 Å². The van der Waals surface area contributed by atoms with E-state index in [1.165, 1.54) is 0 Å². The number of benzene rings is 2. The van der Waals surface area contributed by atoms with Gasteiger partial charge in [0, 0.05) is 31.3 Å². The summed E-state index contributed by atoms with van der Waals surface area (Å²) in [7, 11) is 0. The van der Waals surface area contributed by atoms with E-state index in [1.54, 1.807) is 0 Å². The maximum atomic E-state index is 12.9. The zero-order valence-corrected chi connectivity index (χ0v) is 16.3. The minimum absolute atomic E-state index is 0.0269. The summed E-state index contributed by atoms with van der Waals surface area (Å²) in [5.41, 5.74) is 2.63. The number of aryl methyl sites for hydroxylation is 1. The number of para-hydroxylation sites is 1. The molecule has 0 bridgehead atoms. The highest BCUT2D eigenvalue weighted by atomic mass is 16.5. The minimum atomic E-state index is -0.500. The zero-order valence-electron chi connectivity index (χ0n) is 16.3. The number of carbonyl (C=O) groups is 2. The predicted molar refractivity (Wildman–Crippen MR) is 107 cm³/mol. The summed E-state index contributed by atoms with van der Waals surface area (Å²) in [4.78, 5) is 27.3. The van der Waals surface area contributed by atoms with Gasteiger partial charge in [0.25, 0.3) is 0 Å². The Kier molecular flexibility index (Phi) is 4.15. The van der Waals surface area contributed by atoms with E-state index >= 15 is 0 Å². The van der Waals surface area contributed by atoms with Crippen LogP contribution in [-0.2, 0) is 11.2 Å². The average Bonchev–Trinajstić information content (AvgIpc) is 3.10. The number of hydrogen-bond donors (Lipinski definition) is 0. The summed E-state index contributed by atoms with van der Waals surface area (Å²) in [6, 6.07) is 13.2. The highest BCUT2D eigenvalue weighted by molar-refractivity contribution is 6.00. The lowest BCUT2D eigenvalue weighted by Gasteiger charge is -2.43. The molecule has 1 fully saturated rings. The Morgan fingerprint density at radius 2 is 1.97 bits per heavy atom. The number of piperidine rings is 1. The molecule has 3 heterocycles. The fraction of sp³-hybridized carbons (Fsp3) is 0.348. The number of carbonyl (C=O) groups excluding carboxylic acids is 2. The molecule has 2 aliphatic rings. The van der Waals surface area contributed by atoms with Gasteiger partial charge in [-0.3, -0.25) is 9.59 Å². The zero-order chi connectivity index (χ0) is 20.0. The smallest absolute Gasteiger partial charge is 0.228 e. The number of hydrogen-bond acceptors (Lipinski definition) is 5. The lowest BCUT2D eigenvalue weighted by atomic mass is 9.82. The third-order valence-electron chi connectivity index (χ3n) is 6.04. The summed E-state index contributed by atoms with van der Waals surface area (Å²) >= 11 is 0. The summed E-state index contributed by atoms with van der Waals surface area (Å²) in [5, 5.41) is 4.99. The van der Waals surface area contributed by atoms with Crippen LogP contribution in [0.15, 0.2) is 47.0 Å². The van der Waals surface area contributed by atoms with Gasteiger partial charge in [-0.2, -0.15) is 0 Å². The Hall–Kier alpha value is -3.15. The number of ketones is 1. The van der Waals surface area contributed by atoms with E-state index in [0.717, 1.165) is 10.9 Å². The number of Topliss-reactive ketones (excluding diaryl/α,β-unsaturated/α-hetero) is 1. The molecule has 29 heavy (non-hydrogen) atoms. The van der Waals surface area contributed by atoms with Gasteiger partial charge in [0.2, 0.25) is 5.91 Å². The number of aromatic nitrogens is 1. The van der Waals surface area contributed by atoms with Crippen molar-refractivity contribution in [3.63, 3.8) is 0 Å². The van der Waals surface area contributed by atoms with Gasteiger partial charge < -0.3 is 14.2 Å². The van der Waals surface area contributed by atoms with Crippen LogP contribution < -0.4 is 4.74 Å². The summed E-state index contributed by atoms with van der Waals surface area (Å²) < 4.78 is 11.6. The number of fused-ring (bicyclic) bond motifs is 2. The topological polar surface area (TPSA) is 72.6 Å². The number of nitrogens with zero attached hydrogens (tertiary/aromatic N) is 2. The third-order valence-corrected chi connectivity index (χ3v) is 6.04. The molecule has 148 valence electrons. The molecular weight excluding hydrogens is 368 g/mol. The van der Waals surface area contributed by atoms with Crippen molar-refractivity contribution in [3.8, 4) is 5.75 Å². The molecule has 2 aliphatic heterocycles. The summed E-state index contributed by atoms with van der Waals surface area (Å²) in [6.45, 7) is 3.15. The summed E-state index contributed by atoms with van der Waals surface area (Å²) in [6.07, 6.45) is 1.89. The molecule has 1 spiro atoms. The molecule has 6 nitrogen and oxygen atoms in total. The largest absolute Gasteiger partial charge is 0.486 e. The maximum Gasteiger partial charge on any atom is 0.228 e. The number of likely N-dealkylation sites (tertiary alicyclic amines) is 1. The van der Waals surface area contributed by atoms with Gasteiger partial charge in [-0.1, -0.05) is 28.9 Å². The molecule has 0 radical (unpaired) electrons. The van der Waals surface area contributed by atoms with Crippen molar-refractivity contribution in [3.05, 3.63) is 59.3 Å². The average molecular weight is 390 g/mol. The Bertz CT molecular complexity index is 1110. The third kappa shape index (κ3) is 3.18. The first-order chi connectivity index (χ1) is 14.0. The van der Waals surface area contributed by atoms with Crippen LogP contribution in [0, 0.1) is 6.92 Å². The molecule has 0 atom stereocenters. The molecule has 0 N–H and O–H groups in total. The van der Waals surface area contributed by atoms with Crippen LogP contribution in [0.1, 0.15) is 40.9 Å². The molecule has 1 amide bonds. The predicted octanol–water partition coefficient (Wildman–Crippen LogP) is 3.71. The van der Waals surface area contributed by atoms with Crippen LogP contribution in [0.25, 0.3) is 11.0 Å². The highest BCUT2D eigenvalue weighted by Crippen LogP contribution is 2.39. The minimum Gasteiger partial charge on any atom is -0.486 e. The molecule has 0 unspecified atom stereocenters. The van der Waals surface area contributed by atoms with Crippen molar-refractivity contribution < 1.29 is 18.8 Å². The Morgan fingerprint density at radius 1 is 1.17 bits per heavy atom. The van der Waals surface area contributed by atoms with Crippen molar-refractivity contribution >= 4 is 22.7 Å². The van der Waals surface area contributed by atoms with Crippen LogP contribution >= 0.6 is 0 Å². The van der Waals surface area contributed by atoms with E-state index in [0.29, 0.717) is 54.9 Å². The second-order valence-electron chi connectivity index (χ2n) is 8.07. The van der Waals surface area contributed by atoms with E-state index < -0.39 is 5.60 Å². The van der Waals surface area contributed by atoms with Gasteiger partial charge in [0.05, 0.1) is 18.4 Å². The molecule has 3 aromatic rings. The van der Waals surface area contributed by atoms with Gasteiger partial charge in [0.15, 0.2) is 11.4 Å². The lowest BCUT2D eigenvalue weighted by molar-refractivity contribution is -0.134. The maximum absolute atomic E-state index is 12.9. The standard InChI is InChI=1S/C23H22N2O4/c1-15-6-7-21-17(12-15)18(24-29-21)13-22(27)25-10-8-23(9-11-25)14-19(26)16-4-2-3-5-20(16)28-23/h2-7,12H,8-11,13-14H2,1H3. The number of amides is 1. The monoisotopic (exact) mass is 390 g/mol. The molecule has 5 rings (SSSR count).